The van der Waals surface area contributed by atoms with Crippen LogP contribution >= 0.6 is 11.3 Å². The molecular weight excluding hydrogens is 372 g/mol. The fraction of sp³-hybridized carbons (Fsp3) is 0.389. The van der Waals surface area contributed by atoms with Crippen molar-refractivity contribution < 1.29 is 17.9 Å². The van der Waals surface area contributed by atoms with Gasteiger partial charge in [0, 0.05) is 30.3 Å². The van der Waals surface area contributed by atoms with E-state index < -0.39 is 10.0 Å². The predicted octanol–water partition coefficient (Wildman–Crippen LogP) is 2.61. The molecule has 4 rings (SSSR count). The highest BCUT2D eigenvalue weighted by atomic mass is 32.2. The zero-order valence-corrected chi connectivity index (χ0v) is 15.8. The van der Waals surface area contributed by atoms with E-state index in [0.29, 0.717) is 25.4 Å². The molecule has 1 fully saturated rings. The lowest BCUT2D eigenvalue weighted by molar-refractivity contribution is -0.115. The van der Waals surface area contributed by atoms with Gasteiger partial charge in [0.1, 0.15) is 0 Å². The second kappa shape index (κ2) is 7.11. The van der Waals surface area contributed by atoms with E-state index in [9.17, 15) is 13.2 Å². The number of rotatable bonds is 6. The van der Waals surface area contributed by atoms with E-state index in [0.717, 1.165) is 23.3 Å². The molecule has 0 spiro atoms. The largest absolute Gasteiger partial charge is 0.377 e. The summed E-state index contributed by atoms with van der Waals surface area (Å²) in [5.74, 6) is -0.107. The molecule has 0 unspecified atom stereocenters. The fourth-order valence-electron chi connectivity index (χ4n) is 3.35. The van der Waals surface area contributed by atoms with Crippen molar-refractivity contribution in [2.45, 2.75) is 36.8 Å². The number of benzene rings is 1. The van der Waals surface area contributed by atoms with E-state index >= 15 is 0 Å². The van der Waals surface area contributed by atoms with Crippen molar-refractivity contribution in [1.29, 1.82) is 0 Å². The molecule has 8 heteroatoms. The summed E-state index contributed by atoms with van der Waals surface area (Å²) >= 11 is 1.54. The van der Waals surface area contributed by atoms with Crippen molar-refractivity contribution >= 4 is 33.0 Å². The summed E-state index contributed by atoms with van der Waals surface area (Å²) in [5, 5.41) is 4.68. The van der Waals surface area contributed by atoms with Crippen molar-refractivity contribution in [3.8, 4) is 0 Å². The van der Waals surface area contributed by atoms with Gasteiger partial charge in [-0.2, -0.15) is 4.31 Å². The Kier molecular flexibility index (Phi) is 4.83. The number of fused-ring (bicyclic) bond motifs is 1. The topological polar surface area (TPSA) is 75.7 Å². The Hall–Kier alpha value is -1.74. The van der Waals surface area contributed by atoms with Crippen LogP contribution in [0.4, 0.5) is 5.69 Å². The second-order valence-electron chi connectivity index (χ2n) is 6.56. The standard InChI is InChI=1S/C18H20N2O4S2/c21-18-10-13-9-16(5-6-17(13)19-18)26(22,23)20(11-14-3-1-7-24-14)12-15-4-2-8-25-15/h2,4-6,8-9,14H,1,3,7,10-12H2,(H,19,21)/t14-/m1/s1. The molecule has 1 saturated heterocycles. The van der Waals surface area contributed by atoms with Gasteiger partial charge in [-0.3, -0.25) is 4.79 Å². The smallest absolute Gasteiger partial charge is 0.243 e. The van der Waals surface area contributed by atoms with Crippen LogP contribution in [0.1, 0.15) is 23.3 Å². The van der Waals surface area contributed by atoms with E-state index in [-0.39, 0.29) is 23.3 Å². The molecule has 1 N–H and O–H groups in total. The first-order valence-corrected chi connectivity index (χ1v) is 10.9. The first-order valence-electron chi connectivity index (χ1n) is 8.59. The average molecular weight is 393 g/mol. The number of amides is 1. The molecule has 0 aliphatic carbocycles. The van der Waals surface area contributed by atoms with Gasteiger partial charge in [0.2, 0.25) is 15.9 Å². The normalized spacial score (nSPS) is 19.7. The van der Waals surface area contributed by atoms with Crippen LogP contribution in [0.15, 0.2) is 40.6 Å². The average Bonchev–Trinajstić information content (AvgIpc) is 3.34. The van der Waals surface area contributed by atoms with Gasteiger partial charge < -0.3 is 10.1 Å². The Bertz CT molecular complexity index is 903. The van der Waals surface area contributed by atoms with Crippen LogP contribution in [-0.4, -0.2) is 37.9 Å². The zero-order valence-electron chi connectivity index (χ0n) is 14.2. The molecule has 3 heterocycles. The Morgan fingerprint density at radius 2 is 2.19 bits per heavy atom. The van der Waals surface area contributed by atoms with Crippen LogP contribution < -0.4 is 5.32 Å². The molecule has 0 bridgehead atoms. The molecule has 0 radical (unpaired) electrons. The minimum Gasteiger partial charge on any atom is -0.377 e. The van der Waals surface area contributed by atoms with Crippen molar-refractivity contribution in [2.75, 3.05) is 18.5 Å². The zero-order chi connectivity index (χ0) is 18.1. The fourth-order valence-corrected chi connectivity index (χ4v) is 5.66. The van der Waals surface area contributed by atoms with E-state index in [1.165, 1.54) is 15.6 Å². The third-order valence-corrected chi connectivity index (χ3v) is 7.35. The van der Waals surface area contributed by atoms with Crippen LogP contribution in [0.25, 0.3) is 0 Å². The third-order valence-electron chi connectivity index (χ3n) is 4.68. The molecule has 6 nitrogen and oxygen atoms in total. The van der Waals surface area contributed by atoms with Gasteiger partial charge in [-0.25, -0.2) is 8.42 Å². The van der Waals surface area contributed by atoms with Crippen molar-refractivity contribution in [3.63, 3.8) is 0 Å². The molecule has 2 aliphatic rings. The monoisotopic (exact) mass is 392 g/mol. The second-order valence-corrected chi connectivity index (χ2v) is 9.53. The first-order chi connectivity index (χ1) is 12.5. The van der Waals surface area contributed by atoms with E-state index in [1.54, 1.807) is 18.2 Å². The molecule has 26 heavy (non-hydrogen) atoms. The number of ether oxygens (including phenoxy) is 1. The molecule has 1 atom stereocenters. The molecule has 2 aromatic rings. The summed E-state index contributed by atoms with van der Waals surface area (Å²) in [4.78, 5) is 12.8. The summed E-state index contributed by atoms with van der Waals surface area (Å²) in [7, 11) is -3.68. The molecular formula is C18H20N2O4S2. The number of anilines is 1. The first kappa shape index (κ1) is 17.7. The molecule has 0 saturated carbocycles. The summed E-state index contributed by atoms with van der Waals surface area (Å²) in [6.07, 6.45) is 1.99. The van der Waals surface area contributed by atoms with Crippen molar-refractivity contribution in [1.82, 2.24) is 4.31 Å². The predicted molar refractivity (Wildman–Crippen MR) is 99.7 cm³/mol. The maximum Gasteiger partial charge on any atom is 0.243 e. The summed E-state index contributed by atoms with van der Waals surface area (Å²) in [5.41, 5.74) is 1.42. The highest BCUT2D eigenvalue weighted by Gasteiger charge is 2.31. The van der Waals surface area contributed by atoms with E-state index in [1.807, 2.05) is 17.5 Å². The van der Waals surface area contributed by atoms with Gasteiger partial charge >= 0.3 is 0 Å². The van der Waals surface area contributed by atoms with Gasteiger partial charge in [-0.15, -0.1) is 11.3 Å². The minimum absolute atomic E-state index is 0.0672. The summed E-state index contributed by atoms with van der Waals surface area (Å²) in [6, 6.07) is 8.70. The summed E-state index contributed by atoms with van der Waals surface area (Å²) < 4.78 is 33.8. The van der Waals surface area contributed by atoms with E-state index in [2.05, 4.69) is 5.32 Å². The van der Waals surface area contributed by atoms with Gasteiger partial charge in [-0.1, -0.05) is 6.07 Å². The van der Waals surface area contributed by atoms with Gasteiger partial charge in [-0.05, 0) is 48.1 Å². The lowest BCUT2D eigenvalue weighted by Crippen LogP contribution is -2.36. The SMILES string of the molecule is O=C1Cc2cc(S(=O)(=O)N(Cc3cccs3)C[C@H]3CCCO3)ccc2N1. The number of thiophene rings is 1. The molecule has 1 aromatic heterocycles. The lowest BCUT2D eigenvalue weighted by atomic mass is 10.2. The van der Waals surface area contributed by atoms with Crippen LogP contribution in [0, 0.1) is 0 Å². The molecule has 1 amide bonds. The van der Waals surface area contributed by atoms with Gasteiger partial charge in [0.05, 0.1) is 17.4 Å². The van der Waals surface area contributed by atoms with Crippen LogP contribution in [0.3, 0.4) is 0 Å². The Morgan fingerprint density at radius 3 is 2.92 bits per heavy atom. The third kappa shape index (κ3) is 3.55. The molecule has 2 aliphatic heterocycles. The Balaban J connectivity index is 1.64. The number of hydrogen-bond donors (Lipinski definition) is 1. The number of nitrogens with one attached hydrogen (secondary N) is 1. The van der Waals surface area contributed by atoms with Crippen LogP contribution in [0.5, 0.6) is 0 Å². The quantitative estimate of drug-likeness (QED) is 0.820. The highest BCUT2D eigenvalue weighted by Crippen LogP contribution is 2.29. The van der Waals surface area contributed by atoms with Gasteiger partial charge in [0.25, 0.3) is 0 Å². The lowest BCUT2D eigenvalue weighted by Gasteiger charge is -2.24. The number of nitrogens with zero attached hydrogens (tertiary/aromatic N) is 1. The number of carbonyl (C=O) groups excluding carboxylic acids is 1. The Morgan fingerprint density at radius 1 is 1.31 bits per heavy atom. The Labute approximate surface area is 156 Å². The summed E-state index contributed by atoms with van der Waals surface area (Å²) in [6.45, 7) is 1.35. The van der Waals surface area contributed by atoms with E-state index in [4.69, 9.17) is 4.74 Å². The van der Waals surface area contributed by atoms with Crippen LogP contribution in [0.2, 0.25) is 0 Å². The molecule has 138 valence electrons. The van der Waals surface area contributed by atoms with Crippen molar-refractivity contribution in [3.05, 3.63) is 46.2 Å². The van der Waals surface area contributed by atoms with Gasteiger partial charge in [0.15, 0.2) is 0 Å². The number of hydrogen-bond acceptors (Lipinski definition) is 5. The maximum atomic E-state index is 13.3. The highest BCUT2D eigenvalue weighted by molar-refractivity contribution is 7.89. The van der Waals surface area contributed by atoms with Crippen molar-refractivity contribution in [2.24, 2.45) is 0 Å². The van der Waals surface area contributed by atoms with Crippen LogP contribution in [-0.2, 0) is 32.5 Å². The minimum atomic E-state index is -3.68. The number of sulfonamides is 1. The molecule has 1 aromatic carbocycles. The maximum absolute atomic E-state index is 13.3. The number of carbonyl (C=O) groups is 1.